The lowest BCUT2D eigenvalue weighted by Crippen LogP contribution is -2.12. The average Bonchev–Trinajstić information content (AvgIpc) is 2.63. The minimum absolute atomic E-state index is 0.156. The Morgan fingerprint density at radius 1 is 1.11 bits per heavy atom. The standard InChI is InChI=1S/C11H5Br4NOS/c12-6-2-1-3-7(13)9(6)16-11(17)5-4-8(14)18-10(5)15/h1-4H,(H,16,17). The van der Waals surface area contributed by atoms with Crippen molar-refractivity contribution in [2.75, 3.05) is 5.32 Å². The Balaban J connectivity index is 2.30. The van der Waals surface area contributed by atoms with Gasteiger partial charge in [0.25, 0.3) is 5.91 Å². The third-order valence-corrected chi connectivity index (χ3v) is 5.76. The van der Waals surface area contributed by atoms with E-state index in [1.54, 1.807) is 6.07 Å². The van der Waals surface area contributed by atoms with E-state index in [0.29, 0.717) is 5.56 Å². The van der Waals surface area contributed by atoms with Gasteiger partial charge in [-0.3, -0.25) is 4.79 Å². The van der Waals surface area contributed by atoms with Gasteiger partial charge in [0.2, 0.25) is 0 Å². The zero-order valence-corrected chi connectivity index (χ0v) is 15.8. The number of carbonyl (C=O) groups excluding carboxylic acids is 1. The Hall–Kier alpha value is 0.310. The zero-order chi connectivity index (χ0) is 13.3. The predicted octanol–water partition coefficient (Wildman–Crippen LogP) is 6.05. The molecule has 0 bridgehead atoms. The summed E-state index contributed by atoms with van der Waals surface area (Å²) in [5.74, 6) is -0.156. The highest BCUT2D eigenvalue weighted by molar-refractivity contribution is 9.12. The number of hydrogen-bond acceptors (Lipinski definition) is 2. The normalized spacial score (nSPS) is 10.4. The quantitative estimate of drug-likeness (QED) is 0.515. The Morgan fingerprint density at radius 2 is 1.72 bits per heavy atom. The summed E-state index contributed by atoms with van der Waals surface area (Å²) in [4.78, 5) is 12.2. The summed E-state index contributed by atoms with van der Waals surface area (Å²) in [6.45, 7) is 0. The van der Waals surface area contributed by atoms with Crippen LogP contribution in [0.1, 0.15) is 10.4 Å². The fourth-order valence-electron chi connectivity index (χ4n) is 1.29. The molecule has 1 aromatic heterocycles. The van der Waals surface area contributed by atoms with Crippen LogP contribution in [0, 0.1) is 0 Å². The lowest BCUT2D eigenvalue weighted by molar-refractivity contribution is 0.102. The number of hydrogen-bond donors (Lipinski definition) is 1. The van der Waals surface area contributed by atoms with Gasteiger partial charge in [0.15, 0.2) is 0 Å². The van der Waals surface area contributed by atoms with E-state index in [0.717, 1.165) is 22.2 Å². The second-order valence-corrected chi connectivity index (χ2v) is 8.75. The number of carbonyl (C=O) groups is 1. The van der Waals surface area contributed by atoms with E-state index in [2.05, 4.69) is 69.0 Å². The number of thiophene rings is 1. The number of anilines is 1. The van der Waals surface area contributed by atoms with Gasteiger partial charge in [-0.15, -0.1) is 11.3 Å². The number of benzene rings is 1. The van der Waals surface area contributed by atoms with E-state index < -0.39 is 0 Å². The summed E-state index contributed by atoms with van der Waals surface area (Å²) in [5, 5.41) is 2.87. The van der Waals surface area contributed by atoms with E-state index in [1.165, 1.54) is 11.3 Å². The minimum Gasteiger partial charge on any atom is -0.320 e. The van der Waals surface area contributed by atoms with Gasteiger partial charge in [0, 0.05) is 8.95 Å². The van der Waals surface area contributed by atoms with Crippen LogP contribution in [0.25, 0.3) is 0 Å². The van der Waals surface area contributed by atoms with Crippen LogP contribution in [0.4, 0.5) is 5.69 Å². The molecule has 0 radical (unpaired) electrons. The molecule has 0 saturated heterocycles. The maximum absolute atomic E-state index is 12.2. The van der Waals surface area contributed by atoms with Gasteiger partial charge in [-0.2, -0.15) is 0 Å². The fraction of sp³-hybridized carbons (Fsp3) is 0. The molecular formula is C11H5Br4NOS. The van der Waals surface area contributed by atoms with Crippen LogP contribution in [-0.2, 0) is 0 Å². The largest absolute Gasteiger partial charge is 0.320 e. The summed E-state index contributed by atoms with van der Waals surface area (Å²) in [7, 11) is 0. The highest BCUT2D eigenvalue weighted by atomic mass is 79.9. The predicted molar refractivity (Wildman–Crippen MR) is 89.5 cm³/mol. The molecule has 1 heterocycles. The maximum Gasteiger partial charge on any atom is 0.257 e. The number of amides is 1. The molecule has 0 aliphatic carbocycles. The van der Waals surface area contributed by atoms with Crippen molar-refractivity contribution in [2.45, 2.75) is 0 Å². The van der Waals surface area contributed by atoms with E-state index in [9.17, 15) is 4.79 Å². The Bertz CT molecular complexity index is 591. The first-order valence-corrected chi connectivity index (χ1v) is 8.68. The van der Waals surface area contributed by atoms with E-state index in [-0.39, 0.29) is 5.91 Å². The van der Waals surface area contributed by atoms with Crippen LogP contribution in [0.3, 0.4) is 0 Å². The Morgan fingerprint density at radius 3 is 2.22 bits per heavy atom. The molecule has 94 valence electrons. The van der Waals surface area contributed by atoms with Crippen LogP contribution < -0.4 is 5.32 Å². The molecule has 18 heavy (non-hydrogen) atoms. The average molecular weight is 519 g/mol. The number of nitrogens with one attached hydrogen (secondary N) is 1. The number of rotatable bonds is 2. The third kappa shape index (κ3) is 3.25. The zero-order valence-electron chi connectivity index (χ0n) is 8.64. The van der Waals surface area contributed by atoms with Gasteiger partial charge in [-0.25, -0.2) is 0 Å². The summed E-state index contributed by atoms with van der Waals surface area (Å²) in [6, 6.07) is 7.42. The van der Waals surface area contributed by atoms with Crippen LogP contribution in [0.15, 0.2) is 40.8 Å². The van der Waals surface area contributed by atoms with Crippen molar-refractivity contribution in [3.63, 3.8) is 0 Å². The first kappa shape index (κ1) is 14.7. The molecule has 0 atom stereocenters. The van der Waals surface area contributed by atoms with Gasteiger partial charge >= 0.3 is 0 Å². The molecule has 0 spiro atoms. The van der Waals surface area contributed by atoms with Crippen molar-refractivity contribution < 1.29 is 4.79 Å². The van der Waals surface area contributed by atoms with Gasteiger partial charge in [-0.1, -0.05) is 6.07 Å². The van der Waals surface area contributed by atoms with Gasteiger partial charge in [-0.05, 0) is 81.9 Å². The molecule has 1 amide bonds. The Labute approximate surface area is 142 Å². The minimum atomic E-state index is -0.156. The van der Waals surface area contributed by atoms with Crippen LogP contribution in [0.2, 0.25) is 0 Å². The Kier molecular flexibility index (Phi) is 5.05. The molecule has 0 aliphatic heterocycles. The summed E-state index contributed by atoms with van der Waals surface area (Å²) in [6.07, 6.45) is 0. The topological polar surface area (TPSA) is 29.1 Å². The highest BCUT2D eigenvalue weighted by Crippen LogP contribution is 2.34. The second kappa shape index (κ2) is 6.17. The van der Waals surface area contributed by atoms with Crippen molar-refractivity contribution in [1.29, 1.82) is 0 Å². The van der Waals surface area contributed by atoms with Crippen molar-refractivity contribution >= 4 is 86.7 Å². The molecule has 0 unspecified atom stereocenters. The molecule has 0 fully saturated rings. The van der Waals surface area contributed by atoms with Crippen molar-refractivity contribution in [2.24, 2.45) is 0 Å². The molecule has 2 rings (SSSR count). The van der Waals surface area contributed by atoms with Gasteiger partial charge in [0.05, 0.1) is 18.8 Å². The van der Waals surface area contributed by atoms with E-state index >= 15 is 0 Å². The first-order chi connectivity index (χ1) is 8.49. The molecule has 7 heteroatoms. The van der Waals surface area contributed by atoms with Crippen LogP contribution in [-0.4, -0.2) is 5.91 Å². The first-order valence-electron chi connectivity index (χ1n) is 4.69. The van der Waals surface area contributed by atoms with Gasteiger partial charge < -0.3 is 5.32 Å². The summed E-state index contributed by atoms with van der Waals surface area (Å²) >= 11 is 15.0. The molecular weight excluding hydrogens is 514 g/mol. The third-order valence-electron chi connectivity index (χ3n) is 2.10. The van der Waals surface area contributed by atoms with E-state index in [1.807, 2.05) is 18.2 Å². The van der Waals surface area contributed by atoms with Gasteiger partial charge in [0.1, 0.15) is 0 Å². The van der Waals surface area contributed by atoms with E-state index in [4.69, 9.17) is 0 Å². The maximum atomic E-state index is 12.2. The fourth-order valence-corrected chi connectivity index (χ4v) is 5.28. The lowest BCUT2D eigenvalue weighted by atomic mass is 10.3. The van der Waals surface area contributed by atoms with Crippen molar-refractivity contribution in [3.05, 3.63) is 46.3 Å². The summed E-state index contributed by atoms with van der Waals surface area (Å²) in [5.41, 5.74) is 1.33. The monoisotopic (exact) mass is 515 g/mol. The molecule has 2 nitrogen and oxygen atoms in total. The molecule has 1 aromatic carbocycles. The summed E-state index contributed by atoms with van der Waals surface area (Å²) < 4.78 is 3.37. The number of halogens is 4. The molecule has 2 aromatic rings. The molecule has 1 N–H and O–H groups in total. The number of para-hydroxylation sites is 1. The SMILES string of the molecule is O=C(Nc1c(Br)cccc1Br)c1cc(Br)sc1Br. The highest BCUT2D eigenvalue weighted by Gasteiger charge is 2.16. The molecule has 0 saturated carbocycles. The van der Waals surface area contributed by atoms with Crippen molar-refractivity contribution in [3.8, 4) is 0 Å². The second-order valence-electron chi connectivity index (χ2n) is 3.29. The lowest BCUT2D eigenvalue weighted by Gasteiger charge is -2.08. The molecule has 0 aliphatic rings. The van der Waals surface area contributed by atoms with Crippen LogP contribution in [0.5, 0.6) is 0 Å². The smallest absolute Gasteiger partial charge is 0.257 e. The van der Waals surface area contributed by atoms with Crippen LogP contribution >= 0.6 is 75.1 Å². The van der Waals surface area contributed by atoms with Crippen molar-refractivity contribution in [1.82, 2.24) is 0 Å².